The number of likely N-dealkylation sites (tertiary alicyclic amines) is 1. The number of hydrogen-bond donors (Lipinski definition) is 1. The van der Waals surface area contributed by atoms with E-state index in [1.54, 1.807) is 12.1 Å². The molecule has 2 aliphatic heterocycles. The number of benzene rings is 1. The topological polar surface area (TPSA) is 84.4 Å². The Morgan fingerprint density at radius 3 is 2.66 bits per heavy atom. The number of aromatic nitrogens is 2. The molecule has 12 heteroatoms. The fraction of sp³-hybridized carbons (Fsp3) is 0.391. The number of aryl methyl sites for hydroxylation is 1. The first kappa shape index (κ1) is 27.5. The van der Waals surface area contributed by atoms with Gasteiger partial charge in [-0.2, -0.15) is 0 Å². The number of nitrogens with zero attached hydrogens (tertiary/aromatic N) is 3. The van der Waals surface area contributed by atoms with Crippen molar-refractivity contribution in [2.24, 2.45) is 0 Å². The van der Waals surface area contributed by atoms with Crippen LogP contribution in [0, 0.1) is 6.92 Å². The van der Waals surface area contributed by atoms with Crippen molar-refractivity contribution in [3.63, 3.8) is 0 Å². The van der Waals surface area contributed by atoms with Gasteiger partial charge < -0.3 is 10.1 Å². The van der Waals surface area contributed by atoms with Gasteiger partial charge in [0.1, 0.15) is 24.4 Å². The fourth-order valence-corrected chi connectivity index (χ4v) is 5.65. The number of nitrogens with one attached hydrogen (secondary N) is 1. The van der Waals surface area contributed by atoms with E-state index in [1.165, 1.54) is 22.6 Å². The van der Waals surface area contributed by atoms with Gasteiger partial charge in [0.25, 0.3) is 0 Å². The van der Waals surface area contributed by atoms with Gasteiger partial charge in [0.15, 0.2) is 0 Å². The number of amides is 2. The molecule has 0 radical (unpaired) electrons. The van der Waals surface area contributed by atoms with Gasteiger partial charge >= 0.3 is 0 Å². The molecule has 0 aliphatic carbocycles. The zero-order valence-corrected chi connectivity index (χ0v) is 22.0. The van der Waals surface area contributed by atoms with Crippen LogP contribution >= 0.6 is 47.8 Å². The Labute approximate surface area is 223 Å². The molecule has 3 aromatic rings. The summed E-state index contributed by atoms with van der Waals surface area (Å²) in [6.07, 6.45) is 0.850. The van der Waals surface area contributed by atoms with Gasteiger partial charge in [-0.25, -0.2) is 14.4 Å². The summed E-state index contributed by atoms with van der Waals surface area (Å²) in [4.78, 5) is 35.1. The molecule has 0 bridgehead atoms. The van der Waals surface area contributed by atoms with Gasteiger partial charge in [-0.05, 0) is 43.7 Å². The van der Waals surface area contributed by atoms with Gasteiger partial charge in [0.05, 0.1) is 22.5 Å². The lowest BCUT2D eigenvalue weighted by Crippen LogP contribution is -2.44. The average Bonchev–Trinajstić information content (AvgIpc) is 3.34. The second-order valence-electron chi connectivity index (χ2n) is 8.29. The molecular weight excluding hydrogens is 538 g/mol. The van der Waals surface area contributed by atoms with E-state index in [0.717, 1.165) is 15.1 Å². The standard InChI is InChI=1S/C23H22ClFN4O3S.2ClH/c1-12-6-13(24)7-15(22(12)32-18-4-5-26-9-16(18)25)21-23-17(27-11-28-21)8-14(33-23)10-29-19(30)2-3-20(29)31;;/h6-8,11,16,18,26H,2-5,9-10H2,1H3;2*1H/t16-,18-;;/m1../s1. The lowest BCUT2D eigenvalue weighted by atomic mass is 10.0. The maximum atomic E-state index is 14.5. The smallest absolute Gasteiger partial charge is 0.230 e. The van der Waals surface area contributed by atoms with E-state index in [-0.39, 0.29) is 62.6 Å². The fourth-order valence-electron chi connectivity index (χ4n) is 4.27. The van der Waals surface area contributed by atoms with E-state index in [2.05, 4.69) is 15.3 Å². The van der Waals surface area contributed by atoms with Crippen molar-refractivity contribution in [3.8, 4) is 17.0 Å². The second-order valence-corrected chi connectivity index (χ2v) is 9.86. The van der Waals surface area contributed by atoms with Crippen LogP contribution in [0.1, 0.15) is 29.7 Å². The molecule has 0 saturated carbocycles. The SMILES string of the molecule is Cc1cc(Cl)cc(-c2ncnc3cc(CN4C(=O)CCC4=O)sc23)c1O[C@@H]1CCNC[C@H]1F.Cl.Cl. The molecule has 188 valence electrons. The highest BCUT2D eigenvalue weighted by atomic mass is 35.5. The van der Waals surface area contributed by atoms with Gasteiger partial charge in [-0.15, -0.1) is 36.2 Å². The van der Waals surface area contributed by atoms with Crippen molar-refractivity contribution in [1.29, 1.82) is 0 Å². The van der Waals surface area contributed by atoms with Crippen LogP contribution in [-0.2, 0) is 16.1 Å². The Morgan fingerprint density at radius 1 is 1.20 bits per heavy atom. The number of thiophene rings is 1. The van der Waals surface area contributed by atoms with Crippen LogP contribution in [0.3, 0.4) is 0 Å². The van der Waals surface area contributed by atoms with Gasteiger partial charge in [-0.3, -0.25) is 14.5 Å². The number of rotatable bonds is 5. The maximum absolute atomic E-state index is 14.5. The molecule has 0 unspecified atom stereocenters. The van der Waals surface area contributed by atoms with Crippen molar-refractivity contribution >= 4 is 69.8 Å². The molecule has 2 atom stereocenters. The first-order valence-electron chi connectivity index (χ1n) is 10.8. The third-order valence-corrected chi connectivity index (χ3v) is 7.28. The summed E-state index contributed by atoms with van der Waals surface area (Å²) >= 11 is 7.81. The van der Waals surface area contributed by atoms with E-state index in [4.69, 9.17) is 16.3 Å². The molecule has 2 aromatic heterocycles. The van der Waals surface area contributed by atoms with Crippen LogP contribution in [0.4, 0.5) is 4.39 Å². The average molecular weight is 562 g/mol. The number of carbonyl (C=O) groups is 2. The van der Waals surface area contributed by atoms with Crippen LogP contribution in [-0.4, -0.2) is 52.0 Å². The Hall–Kier alpha value is -2.04. The molecule has 2 fully saturated rings. The number of piperidine rings is 1. The molecule has 2 amide bonds. The van der Waals surface area contributed by atoms with Gasteiger partial charge in [-0.1, -0.05) is 11.6 Å². The summed E-state index contributed by atoms with van der Waals surface area (Å²) in [7, 11) is 0. The Kier molecular flexibility index (Phi) is 8.93. The highest BCUT2D eigenvalue weighted by molar-refractivity contribution is 7.19. The summed E-state index contributed by atoms with van der Waals surface area (Å²) < 4.78 is 21.5. The molecule has 35 heavy (non-hydrogen) atoms. The molecular formula is C23H24Cl3FN4O3S. The summed E-state index contributed by atoms with van der Waals surface area (Å²) in [5.41, 5.74) is 2.79. The Balaban J connectivity index is 0.00000171. The molecule has 2 aliphatic rings. The zero-order chi connectivity index (χ0) is 23.1. The summed E-state index contributed by atoms with van der Waals surface area (Å²) in [6.45, 7) is 3.04. The summed E-state index contributed by atoms with van der Waals surface area (Å²) in [6, 6.07) is 5.43. The monoisotopic (exact) mass is 560 g/mol. The van der Waals surface area contributed by atoms with E-state index in [0.29, 0.717) is 40.5 Å². The normalized spacial score (nSPS) is 20.0. The minimum absolute atomic E-state index is 0. The minimum Gasteiger partial charge on any atom is -0.486 e. The van der Waals surface area contributed by atoms with Crippen LogP contribution in [0.5, 0.6) is 5.75 Å². The molecule has 5 rings (SSSR count). The van der Waals surface area contributed by atoms with Crippen molar-refractivity contribution in [2.75, 3.05) is 13.1 Å². The van der Waals surface area contributed by atoms with E-state index >= 15 is 0 Å². The first-order chi connectivity index (χ1) is 15.9. The molecule has 7 nitrogen and oxygen atoms in total. The predicted octanol–water partition coefficient (Wildman–Crippen LogP) is 4.89. The van der Waals surface area contributed by atoms with Crippen LogP contribution < -0.4 is 10.1 Å². The highest BCUT2D eigenvalue weighted by Crippen LogP contribution is 2.41. The van der Waals surface area contributed by atoms with Crippen LogP contribution in [0.15, 0.2) is 24.5 Å². The molecule has 4 heterocycles. The van der Waals surface area contributed by atoms with Crippen molar-refractivity contribution in [1.82, 2.24) is 20.2 Å². The first-order valence-corrected chi connectivity index (χ1v) is 12.0. The van der Waals surface area contributed by atoms with E-state index in [1.807, 2.05) is 13.0 Å². The lowest BCUT2D eigenvalue weighted by Gasteiger charge is -2.29. The molecule has 2 saturated heterocycles. The number of alkyl halides is 1. The molecule has 1 aromatic carbocycles. The van der Waals surface area contributed by atoms with E-state index < -0.39 is 12.3 Å². The van der Waals surface area contributed by atoms with Crippen LogP contribution in [0.2, 0.25) is 5.02 Å². The summed E-state index contributed by atoms with van der Waals surface area (Å²) in [5.74, 6) is 0.231. The van der Waals surface area contributed by atoms with Gasteiger partial charge in [0.2, 0.25) is 11.8 Å². The molecule has 0 spiro atoms. The van der Waals surface area contributed by atoms with Crippen molar-refractivity contribution in [3.05, 3.63) is 40.0 Å². The third kappa shape index (κ3) is 5.54. The predicted molar refractivity (Wildman–Crippen MR) is 139 cm³/mol. The maximum Gasteiger partial charge on any atom is 0.230 e. The molecule has 1 N–H and O–H groups in total. The number of imide groups is 1. The zero-order valence-electron chi connectivity index (χ0n) is 18.8. The second kappa shape index (κ2) is 11.3. The highest BCUT2D eigenvalue weighted by Gasteiger charge is 2.30. The van der Waals surface area contributed by atoms with Crippen LogP contribution in [0.25, 0.3) is 21.5 Å². The van der Waals surface area contributed by atoms with E-state index in [9.17, 15) is 14.0 Å². The van der Waals surface area contributed by atoms with Gasteiger partial charge in [0, 0.05) is 34.8 Å². The quantitative estimate of drug-likeness (QED) is 0.447. The minimum atomic E-state index is -1.11. The Bertz CT molecular complexity index is 1240. The van der Waals surface area contributed by atoms with Crippen molar-refractivity contribution in [2.45, 2.75) is 45.0 Å². The number of hydrogen-bond acceptors (Lipinski definition) is 7. The number of carbonyl (C=O) groups excluding carboxylic acids is 2. The summed E-state index contributed by atoms with van der Waals surface area (Å²) in [5, 5.41) is 3.56. The largest absolute Gasteiger partial charge is 0.486 e. The number of fused-ring (bicyclic) bond motifs is 1. The van der Waals surface area contributed by atoms with Crippen molar-refractivity contribution < 1.29 is 18.7 Å². The third-order valence-electron chi connectivity index (χ3n) is 5.94. The number of ether oxygens (including phenoxy) is 1. The Morgan fingerprint density at radius 2 is 1.94 bits per heavy atom. The number of halogens is 4. The lowest BCUT2D eigenvalue weighted by molar-refractivity contribution is -0.138.